The topological polar surface area (TPSA) is 83.8 Å². The van der Waals surface area contributed by atoms with E-state index in [0.29, 0.717) is 6.42 Å². The summed E-state index contributed by atoms with van der Waals surface area (Å²) in [5.41, 5.74) is 0.213. The first-order valence-corrected chi connectivity index (χ1v) is 5.27. The van der Waals surface area contributed by atoms with Gasteiger partial charge in [-0.25, -0.2) is 9.59 Å². The van der Waals surface area contributed by atoms with E-state index in [0.717, 1.165) is 0 Å². The largest absolute Gasteiger partial charge is 0.508 e. The molecule has 0 aliphatic rings. The number of hydrogen-bond donors (Lipinski definition) is 2. The van der Waals surface area contributed by atoms with Gasteiger partial charge in [0, 0.05) is 0 Å². The molecule has 2 N–H and O–H groups in total. The number of phenolic OH excluding ortho intramolecular Hbond substituents is 1. The maximum Gasteiger partial charge on any atom is 0.345 e. The molecular weight excluding hydrogens is 224 g/mol. The highest BCUT2D eigenvalue weighted by Gasteiger charge is 2.21. The first-order chi connectivity index (χ1) is 8.04. The van der Waals surface area contributed by atoms with Gasteiger partial charge in [0.05, 0.1) is 5.56 Å². The van der Waals surface area contributed by atoms with Gasteiger partial charge >= 0.3 is 11.9 Å². The predicted molar refractivity (Wildman–Crippen MR) is 59.9 cm³/mol. The van der Waals surface area contributed by atoms with Crippen molar-refractivity contribution in [1.82, 2.24) is 0 Å². The Balaban J connectivity index is 2.70. The molecule has 1 aromatic rings. The van der Waals surface area contributed by atoms with E-state index in [1.807, 2.05) is 6.92 Å². The number of hydrogen-bond acceptors (Lipinski definition) is 4. The van der Waals surface area contributed by atoms with Crippen LogP contribution in [0.2, 0.25) is 0 Å². The van der Waals surface area contributed by atoms with E-state index in [1.54, 1.807) is 0 Å². The summed E-state index contributed by atoms with van der Waals surface area (Å²) in [7, 11) is 0. The highest BCUT2D eigenvalue weighted by Crippen LogP contribution is 2.12. The summed E-state index contributed by atoms with van der Waals surface area (Å²) in [4.78, 5) is 22.4. The van der Waals surface area contributed by atoms with Gasteiger partial charge in [0.2, 0.25) is 0 Å². The van der Waals surface area contributed by atoms with Crippen molar-refractivity contribution in [2.75, 3.05) is 0 Å². The molecule has 1 atom stereocenters. The van der Waals surface area contributed by atoms with Crippen molar-refractivity contribution in [3.05, 3.63) is 29.8 Å². The maximum absolute atomic E-state index is 11.6. The van der Waals surface area contributed by atoms with E-state index in [1.165, 1.54) is 24.3 Å². The SMILES string of the molecule is CCCC(OC(=O)c1ccc(O)cc1)C(=O)O. The molecule has 0 fully saturated rings. The lowest BCUT2D eigenvalue weighted by molar-refractivity contribution is -0.147. The predicted octanol–water partition coefficient (Wildman–Crippen LogP) is 1.80. The lowest BCUT2D eigenvalue weighted by Gasteiger charge is -2.12. The monoisotopic (exact) mass is 238 g/mol. The van der Waals surface area contributed by atoms with Gasteiger partial charge in [-0.15, -0.1) is 0 Å². The molecule has 5 heteroatoms. The summed E-state index contributed by atoms with van der Waals surface area (Å²) >= 11 is 0. The number of rotatable bonds is 5. The average molecular weight is 238 g/mol. The fourth-order valence-electron chi connectivity index (χ4n) is 1.29. The molecule has 92 valence electrons. The third-order valence-electron chi connectivity index (χ3n) is 2.18. The van der Waals surface area contributed by atoms with Gasteiger partial charge < -0.3 is 14.9 Å². The minimum atomic E-state index is -1.15. The van der Waals surface area contributed by atoms with Gasteiger partial charge in [-0.2, -0.15) is 0 Å². The summed E-state index contributed by atoms with van der Waals surface area (Å²) in [6.07, 6.45) is -0.236. The van der Waals surface area contributed by atoms with Crippen molar-refractivity contribution in [3.63, 3.8) is 0 Å². The summed E-state index contributed by atoms with van der Waals surface area (Å²) in [5, 5.41) is 17.9. The molecule has 0 saturated carbocycles. The van der Waals surface area contributed by atoms with Gasteiger partial charge in [0.1, 0.15) is 5.75 Å². The van der Waals surface area contributed by atoms with Crippen LogP contribution in [0.4, 0.5) is 0 Å². The lowest BCUT2D eigenvalue weighted by atomic mass is 10.2. The smallest absolute Gasteiger partial charge is 0.345 e. The molecule has 17 heavy (non-hydrogen) atoms. The molecule has 5 nitrogen and oxygen atoms in total. The highest BCUT2D eigenvalue weighted by molar-refractivity contribution is 5.91. The molecule has 0 saturated heterocycles. The Morgan fingerprint density at radius 2 is 1.88 bits per heavy atom. The Labute approximate surface area is 98.6 Å². The molecule has 0 radical (unpaired) electrons. The third-order valence-corrected chi connectivity index (χ3v) is 2.18. The maximum atomic E-state index is 11.6. The summed E-state index contributed by atoms with van der Waals surface area (Å²) in [5.74, 6) is -1.82. The molecule has 0 bridgehead atoms. The Morgan fingerprint density at radius 1 is 1.29 bits per heavy atom. The van der Waals surface area contributed by atoms with Crippen molar-refractivity contribution in [2.45, 2.75) is 25.9 Å². The van der Waals surface area contributed by atoms with Crippen molar-refractivity contribution >= 4 is 11.9 Å². The third kappa shape index (κ3) is 3.79. The highest BCUT2D eigenvalue weighted by atomic mass is 16.6. The van der Waals surface area contributed by atoms with Crippen molar-refractivity contribution in [3.8, 4) is 5.75 Å². The van der Waals surface area contributed by atoms with Crippen LogP contribution in [0.15, 0.2) is 24.3 Å². The van der Waals surface area contributed by atoms with Crippen molar-refractivity contribution < 1.29 is 24.5 Å². The van der Waals surface area contributed by atoms with Crippen molar-refractivity contribution in [2.24, 2.45) is 0 Å². The van der Waals surface area contributed by atoms with E-state index in [9.17, 15) is 9.59 Å². The summed E-state index contributed by atoms with van der Waals surface area (Å²) in [6, 6.07) is 5.43. The number of ether oxygens (including phenoxy) is 1. The molecule has 1 unspecified atom stereocenters. The van der Waals surface area contributed by atoms with Crippen LogP contribution in [-0.2, 0) is 9.53 Å². The zero-order chi connectivity index (χ0) is 12.8. The fourth-order valence-corrected chi connectivity index (χ4v) is 1.29. The number of esters is 1. The number of phenols is 1. The van der Waals surface area contributed by atoms with Gasteiger partial charge in [0.15, 0.2) is 6.10 Å². The first-order valence-electron chi connectivity index (χ1n) is 5.27. The van der Waals surface area contributed by atoms with Gasteiger partial charge in [0.25, 0.3) is 0 Å². The average Bonchev–Trinajstić information content (AvgIpc) is 2.29. The van der Waals surface area contributed by atoms with Crippen LogP contribution in [0.5, 0.6) is 5.75 Å². The Bertz CT molecular complexity index is 396. The Kier molecular flexibility index (Phi) is 4.51. The second-order valence-corrected chi connectivity index (χ2v) is 3.57. The minimum absolute atomic E-state index is 0.0323. The van der Waals surface area contributed by atoms with Gasteiger partial charge in [-0.3, -0.25) is 0 Å². The number of carbonyl (C=O) groups excluding carboxylic acids is 1. The number of aromatic hydroxyl groups is 1. The van der Waals surface area contributed by atoms with E-state index in [2.05, 4.69) is 0 Å². The van der Waals surface area contributed by atoms with Gasteiger partial charge in [-0.1, -0.05) is 13.3 Å². The van der Waals surface area contributed by atoms with Crippen molar-refractivity contribution in [1.29, 1.82) is 0 Å². The molecule has 1 rings (SSSR count). The second-order valence-electron chi connectivity index (χ2n) is 3.57. The van der Waals surface area contributed by atoms with Crippen LogP contribution in [0, 0.1) is 0 Å². The second kappa shape index (κ2) is 5.89. The molecular formula is C12H14O5. The molecule has 0 aliphatic heterocycles. The summed E-state index contributed by atoms with van der Waals surface area (Å²) < 4.78 is 4.86. The molecule has 0 heterocycles. The number of carbonyl (C=O) groups is 2. The molecule has 0 spiro atoms. The molecule has 0 aromatic heterocycles. The van der Waals surface area contributed by atoms with Crippen LogP contribution >= 0.6 is 0 Å². The minimum Gasteiger partial charge on any atom is -0.508 e. The number of carboxylic acids is 1. The van der Waals surface area contributed by atoms with Crippen LogP contribution in [0.25, 0.3) is 0 Å². The van der Waals surface area contributed by atoms with Crippen LogP contribution in [-0.4, -0.2) is 28.3 Å². The standard InChI is InChI=1S/C12H14O5/c1-2-3-10(11(14)15)17-12(16)8-4-6-9(13)7-5-8/h4-7,10,13H,2-3H2,1H3,(H,14,15). The normalized spacial score (nSPS) is 11.8. The number of carboxylic acid groups (broad SMARTS) is 1. The van der Waals surface area contributed by atoms with E-state index in [-0.39, 0.29) is 17.7 Å². The first kappa shape index (κ1) is 13.0. The molecule has 0 amide bonds. The van der Waals surface area contributed by atoms with E-state index < -0.39 is 18.0 Å². The van der Waals surface area contributed by atoms with E-state index in [4.69, 9.17) is 14.9 Å². The van der Waals surface area contributed by atoms with Crippen LogP contribution in [0.3, 0.4) is 0 Å². The number of benzene rings is 1. The zero-order valence-corrected chi connectivity index (χ0v) is 9.42. The number of aliphatic carboxylic acids is 1. The lowest BCUT2D eigenvalue weighted by Crippen LogP contribution is -2.26. The Morgan fingerprint density at radius 3 is 2.35 bits per heavy atom. The molecule has 1 aromatic carbocycles. The Hall–Kier alpha value is -2.04. The summed E-state index contributed by atoms with van der Waals surface area (Å²) in [6.45, 7) is 1.81. The zero-order valence-electron chi connectivity index (χ0n) is 9.42. The quantitative estimate of drug-likeness (QED) is 0.764. The van der Waals surface area contributed by atoms with Crippen LogP contribution in [0.1, 0.15) is 30.1 Å². The van der Waals surface area contributed by atoms with Crippen LogP contribution < -0.4 is 0 Å². The molecule has 0 aliphatic carbocycles. The van der Waals surface area contributed by atoms with E-state index >= 15 is 0 Å². The van der Waals surface area contributed by atoms with Gasteiger partial charge in [-0.05, 0) is 30.7 Å². The fraction of sp³-hybridized carbons (Fsp3) is 0.333.